The van der Waals surface area contributed by atoms with E-state index in [1.54, 1.807) is 0 Å². The molecule has 7 nitrogen and oxygen atoms in total. The molecular formula is C12H21N5O2S. The fourth-order valence-corrected chi connectivity index (χ4v) is 3.11. The van der Waals surface area contributed by atoms with Crippen LogP contribution in [0.25, 0.3) is 0 Å². The first-order valence-corrected chi connectivity index (χ1v) is 7.70. The van der Waals surface area contributed by atoms with Gasteiger partial charge < -0.3 is 15.4 Å². The summed E-state index contributed by atoms with van der Waals surface area (Å²) in [5.41, 5.74) is 5.77. The van der Waals surface area contributed by atoms with Gasteiger partial charge in [0, 0.05) is 19.1 Å². The number of hydrogen-bond donors (Lipinski definition) is 1. The number of rotatable bonds is 4. The van der Waals surface area contributed by atoms with Gasteiger partial charge in [-0.05, 0) is 20.8 Å². The molecule has 1 aliphatic heterocycles. The van der Waals surface area contributed by atoms with Crippen molar-refractivity contribution in [3.63, 3.8) is 0 Å². The maximum Gasteiger partial charge on any atom is 0.233 e. The molecule has 2 N–H and O–H groups in total. The Morgan fingerprint density at radius 2 is 2.30 bits per heavy atom. The van der Waals surface area contributed by atoms with Gasteiger partial charge in [-0.2, -0.15) is 0 Å². The van der Waals surface area contributed by atoms with Gasteiger partial charge in [0.25, 0.3) is 0 Å². The zero-order valence-electron chi connectivity index (χ0n) is 12.1. The van der Waals surface area contributed by atoms with E-state index in [-0.39, 0.29) is 18.1 Å². The Labute approximate surface area is 122 Å². The van der Waals surface area contributed by atoms with Crippen LogP contribution in [0.5, 0.6) is 0 Å². The maximum atomic E-state index is 12.2. The molecule has 0 aromatic carbocycles. The quantitative estimate of drug-likeness (QED) is 0.827. The average Bonchev–Trinajstić information content (AvgIpc) is 2.77. The average molecular weight is 299 g/mol. The summed E-state index contributed by atoms with van der Waals surface area (Å²) in [5, 5.41) is 8.58. The van der Waals surface area contributed by atoms with E-state index >= 15 is 0 Å². The first kappa shape index (κ1) is 15.1. The number of carbonyl (C=O) groups is 1. The van der Waals surface area contributed by atoms with Crippen LogP contribution in [0.15, 0.2) is 5.16 Å². The van der Waals surface area contributed by atoms with Crippen molar-refractivity contribution in [2.45, 2.75) is 38.1 Å². The molecule has 1 fully saturated rings. The number of carbonyl (C=O) groups excluding carboxylic acids is 1. The molecule has 0 saturated carbocycles. The third-order valence-electron chi connectivity index (χ3n) is 3.13. The molecule has 0 radical (unpaired) electrons. The Morgan fingerprint density at radius 3 is 2.95 bits per heavy atom. The molecule has 1 unspecified atom stereocenters. The van der Waals surface area contributed by atoms with Crippen molar-refractivity contribution in [2.24, 2.45) is 0 Å². The zero-order chi connectivity index (χ0) is 14.7. The number of anilines is 1. The molecule has 0 spiro atoms. The number of amides is 1. The van der Waals surface area contributed by atoms with E-state index in [1.165, 1.54) is 11.8 Å². The van der Waals surface area contributed by atoms with Gasteiger partial charge in [0.05, 0.1) is 18.5 Å². The molecular weight excluding hydrogens is 278 g/mol. The Morgan fingerprint density at radius 1 is 1.55 bits per heavy atom. The molecule has 112 valence electrons. The van der Waals surface area contributed by atoms with Gasteiger partial charge in [0.2, 0.25) is 11.9 Å². The highest BCUT2D eigenvalue weighted by molar-refractivity contribution is 7.99. The summed E-state index contributed by atoms with van der Waals surface area (Å²) in [5.74, 6) is 0.828. The minimum absolute atomic E-state index is 0.0991. The maximum absolute atomic E-state index is 12.2. The van der Waals surface area contributed by atoms with Crippen LogP contribution >= 0.6 is 11.8 Å². The minimum Gasteiger partial charge on any atom is -0.375 e. The second kappa shape index (κ2) is 6.45. The van der Waals surface area contributed by atoms with Gasteiger partial charge in [-0.3, -0.25) is 9.36 Å². The normalized spacial score (nSPS) is 19.6. The van der Waals surface area contributed by atoms with Crippen LogP contribution in [0.2, 0.25) is 0 Å². The van der Waals surface area contributed by atoms with Crippen molar-refractivity contribution in [3.05, 3.63) is 0 Å². The third-order valence-corrected chi connectivity index (χ3v) is 4.05. The Bertz CT molecular complexity index is 476. The van der Waals surface area contributed by atoms with Crippen LogP contribution in [-0.4, -0.2) is 57.1 Å². The molecule has 1 aromatic rings. The summed E-state index contributed by atoms with van der Waals surface area (Å²) in [6.45, 7) is 7.90. The van der Waals surface area contributed by atoms with Crippen LogP contribution in [-0.2, 0) is 9.53 Å². The van der Waals surface area contributed by atoms with E-state index in [4.69, 9.17) is 10.5 Å². The van der Waals surface area contributed by atoms with E-state index in [0.717, 1.165) is 0 Å². The van der Waals surface area contributed by atoms with E-state index in [1.807, 2.05) is 30.2 Å². The number of ether oxygens (including phenoxy) is 1. The number of nitrogens with zero attached hydrogens (tertiary/aromatic N) is 4. The molecule has 1 aromatic heterocycles. The molecule has 0 aliphatic carbocycles. The van der Waals surface area contributed by atoms with Crippen molar-refractivity contribution in [2.75, 3.05) is 31.2 Å². The van der Waals surface area contributed by atoms with Gasteiger partial charge in [-0.25, -0.2) is 0 Å². The van der Waals surface area contributed by atoms with Crippen LogP contribution in [0.1, 0.15) is 26.8 Å². The lowest BCUT2D eigenvalue weighted by Crippen LogP contribution is -2.45. The van der Waals surface area contributed by atoms with Gasteiger partial charge in [-0.15, -0.1) is 10.2 Å². The lowest BCUT2D eigenvalue weighted by atomic mass is 10.3. The summed E-state index contributed by atoms with van der Waals surface area (Å²) in [6, 6.07) is 0.172. The Hall–Kier alpha value is -1.28. The predicted molar refractivity (Wildman–Crippen MR) is 77.5 cm³/mol. The van der Waals surface area contributed by atoms with Gasteiger partial charge in [-0.1, -0.05) is 11.8 Å². The molecule has 1 amide bonds. The number of nitrogens with two attached hydrogens (primary N) is 1. The van der Waals surface area contributed by atoms with E-state index in [0.29, 0.717) is 36.6 Å². The second-order valence-corrected chi connectivity index (χ2v) is 6.06. The van der Waals surface area contributed by atoms with Gasteiger partial charge >= 0.3 is 0 Å². The highest BCUT2D eigenvalue weighted by atomic mass is 32.2. The van der Waals surface area contributed by atoms with Crippen LogP contribution in [0.3, 0.4) is 0 Å². The molecule has 20 heavy (non-hydrogen) atoms. The SMILES string of the molecule is CC1CN(C(=O)CSc2nnc(N)n2C(C)C)CCO1. The molecule has 2 heterocycles. The van der Waals surface area contributed by atoms with Crippen molar-refractivity contribution in [3.8, 4) is 0 Å². The summed E-state index contributed by atoms with van der Waals surface area (Å²) in [6.07, 6.45) is 0.104. The number of hydrogen-bond acceptors (Lipinski definition) is 6. The predicted octanol–water partition coefficient (Wildman–Crippen LogP) is 0.781. The molecule has 2 rings (SSSR count). The first-order valence-electron chi connectivity index (χ1n) is 6.71. The summed E-state index contributed by atoms with van der Waals surface area (Å²) < 4.78 is 7.26. The lowest BCUT2D eigenvalue weighted by molar-refractivity contribution is -0.135. The topological polar surface area (TPSA) is 86.3 Å². The summed E-state index contributed by atoms with van der Waals surface area (Å²) in [7, 11) is 0. The fraction of sp³-hybridized carbons (Fsp3) is 0.750. The Kier molecular flexibility index (Phi) is 4.87. The number of morpholine rings is 1. The fourth-order valence-electron chi connectivity index (χ4n) is 2.13. The second-order valence-electron chi connectivity index (χ2n) is 5.11. The molecule has 0 bridgehead atoms. The minimum atomic E-state index is 0.0991. The monoisotopic (exact) mass is 299 g/mol. The van der Waals surface area contributed by atoms with Crippen LogP contribution < -0.4 is 5.73 Å². The molecule has 8 heteroatoms. The highest BCUT2D eigenvalue weighted by Gasteiger charge is 2.22. The molecule has 1 atom stereocenters. The number of thioether (sulfide) groups is 1. The van der Waals surface area contributed by atoms with E-state index in [9.17, 15) is 4.79 Å². The number of nitrogen functional groups attached to an aromatic ring is 1. The van der Waals surface area contributed by atoms with Crippen molar-refractivity contribution in [1.29, 1.82) is 0 Å². The zero-order valence-corrected chi connectivity index (χ0v) is 12.9. The summed E-state index contributed by atoms with van der Waals surface area (Å²) >= 11 is 1.38. The van der Waals surface area contributed by atoms with Gasteiger partial charge in [0.1, 0.15) is 0 Å². The van der Waals surface area contributed by atoms with E-state index in [2.05, 4.69) is 10.2 Å². The van der Waals surface area contributed by atoms with Crippen molar-refractivity contribution < 1.29 is 9.53 Å². The molecule has 1 saturated heterocycles. The van der Waals surface area contributed by atoms with Crippen molar-refractivity contribution in [1.82, 2.24) is 19.7 Å². The largest absolute Gasteiger partial charge is 0.375 e. The van der Waals surface area contributed by atoms with Crippen LogP contribution in [0, 0.1) is 0 Å². The summed E-state index contributed by atoms with van der Waals surface area (Å²) in [4.78, 5) is 14.0. The lowest BCUT2D eigenvalue weighted by Gasteiger charge is -2.31. The van der Waals surface area contributed by atoms with Crippen LogP contribution in [0.4, 0.5) is 5.95 Å². The first-order chi connectivity index (χ1) is 9.49. The third kappa shape index (κ3) is 3.43. The van der Waals surface area contributed by atoms with Gasteiger partial charge in [0.15, 0.2) is 5.16 Å². The highest BCUT2D eigenvalue weighted by Crippen LogP contribution is 2.23. The standard InChI is InChI=1S/C12H21N5O2S/c1-8(2)17-11(13)14-15-12(17)20-7-10(18)16-4-5-19-9(3)6-16/h8-9H,4-7H2,1-3H3,(H2,13,14). The number of aromatic nitrogens is 3. The Balaban J connectivity index is 1.93. The smallest absolute Gasteiger partial charge is 0.233 e. The van der Waals surface area contributed by atoms with Crippen molar-refractivity contribution >= 4 is 23.6 Å². The molecule has 1 aliphatic rings. The van der Waals surface area contributed by atoms with E-state index < -0.39 is 0 Å².